The Hall–Kier alpha value is -1.88. The van der Waals surface area contributed by atoms with Gasteiger partial charge in [0.2, 0.25) is 5.88 Å². The molecule has 0 N–H and O–H groups in total. The summed E-state index contributed by atoms with van der Waals surface area (Å²) in [6.45, 7) is 0. The number of hydrogen-bond donors (Lipinski definition) is 0. The molecule has 0 aliphatic heterocycles. The summed E-state index contributed by atoms with van der Waals surface area (Å²) in [5.74, 6) is 0.227. The second-order valence-corrected chi connectivity index (χ2v) is 5.73. The van der Waals surface area contributed by atoms with Crippen LogP contribution >= 0.6 is 0 Å². The highest BCUT2D eigenvalue weighted by Crippen LogP contribution is 2.21. The zero-order chi connectivity index (χ0) is 13.0. The molecule has 0 unspecified atom stereocenters. The predicted molar refractivity (Wildman–Crippen MR) is 68.1 cm³/mol. The van der Waals surface area contributed by atoms with E-state index in [1.807, 2.05) is 0 Å². The molecule has 0 saturated heterocycles. The molecule has 0 amide bonds. The minimum Gasteiger partial charge on any atom is -0.481 e. The van der Waals surface area contributed by atoms with Crippen LogP contribution in [0.4, 0.5) is 0 Å². The van der Waals surface area contributed by atoms with Crippen molar-refractivity contribution >= 4 is 9.84 Å². The molecule has 0 fully saturated rings. The van der Waals surface area contributed by atoms with E-state index in [2.05, 4.69) is 4.98 Å². The van der Waals surface area contributed by atoms with Crippen LogP contribution in [-0.2, 0) is 15.6 Å². The molecule has 2 rings (SSSR count). The number of nitrogens with zero attached hydrogens (tertiary/aromatic N) is 1. The fourth-order valence-electron chi connectivity index (χ4n) is 1.63. The van der Waals surface area contributed by atoms with Gasteiger partial charge in [-0.15, -0.1) is 0 Å². The third-order valence-corrected chi connectivity index (χ3v) is 4.17. The number of hydrogen-bond acceptors (Lipinski definition) is 4. The predicted octanol–water partition coefficient (Wildman–Crippen LogP) is 2.06. The summed E-state index contributed by atoms with van der Waals surface area (Å²) in [5.41, 5.74) is 0.559. The third-order valence-electron chi connectivity index (χ3n) is 2.49. The molecule has 1 heterocycles. The maximum atomic E-state index is 12.2. The minimum atomic E-state index is -3.37. The molecule has 2 aromatic rings. The molecule has 5 heteroatoms. The van der Waals surface area contributed by atoms with Crippen molar-refractivity contribution in [3.05, 3.63) is 54.2 Å². The number of methoxy groups -OCH3 is 1. The number of benzene rings is 1. The molecule has 0 saturated carbocycles. The van der Waals surface area contributed by atoms with Crippen LogP contribution < -0.4 is 4.74 Å². The van der Waals surface area contributed by atoms with Crippen molar-refractivity contribution < 1.29 is 13.2 Å². The number of aromatic nitrogens is 1. The Balaban J connectivity index is 2.34. The first-order chi connectivity index (χ1) is 8.63. The van der Waals surface area contributed by atoms with Gasteiger partial charge in [0.1, 0.15) is 0 Å². The van der Waals surface area contributed by atoms with E-state index in [1.54, 1.807) is 48.7 Å². The zero-order valence-corrected chi connectivity index (χ0v) is 10.7. The normalized spacial score (nSPS) is 11.2. The lowest BCUT2D eigenvalue weighted by molar-refractivity contribution is 0.394. The van der Waals surface area contributed by atoms with E-state index in [9.17, 15) is 8.42 Å². The largest absolute Gasteiger partial charge is 0.481 e. The monoisotopic (exact) mass is 263 g/mol. The van der Waals surface area contributed by atoms with Crippen LogP contribution in [0.3, 0.4) is 0 Å². The first-order valence-electron chi connectivity index (χ1n) is 5.39. The van der Waals surface area contributed by atoms with E-state index in [0.29, 0.717) is 16.3 Å². The van der Waals surface area contributed by atoms with Crippen molar-refractivity contribution in [1.82, 2.24) is 4.98 Å². The van der Waals surface area contributed by atoms with Crippen molar-refractivity contribution in [2.24, 2.45) is 0 Å². The Bertz CT molecular complexity index is 624. The molecule has 0 radical (unpaired) electrons. The molecule has 1 aromatic carbocycles. The highest BCUT2D eigenvalue weighted by molar-refractivity contribution is 7.90. The van der Waals surface area contributed by atoms with Crippen LogP contribution in [0.1, 0.15) is 5.56 Å². The maximum Gasteiger partial charge on any atom is 0.217 e. The Labute approximate surface area is 106 Å². The fourth-order valence-corrected chi connectivity index (χ4v) is 3.00. The number of sulfone groups is 1. The van der Waals surface area contributed by atoms with Crippen molar-refractivity contribution in [2.75, 3.05) is 7.11 Å². The van der Waals surface area contributed by atoms with Gasteiger partial charge in [0.15, 0.2) is 9.84 Å². The first kappa shape index (κ1) is 12.6. The van der Waals surface area contributed by atoms with Crippen molar-refractivity contribution in [1.29, 1.82) is 0 Å². The molecule has 0 bridgehead atoms. The average molecular weight is 263 g/mol. The highest BCUT2D eigenvalue weighted by atomic mass is 32.2. The van der Waals surface area contributed by atoms with Gasteiger partial charge in [-0.05, 0) is 18.2 Å². The summed E-state index contributed by atoms with van der Waals surface area (Å²) < 4.78 is 29.4. The summed E-state index contributed by atoms with van der Waals surface area (Å²) in [6, 6.07) is 11.7. The van der Waals surface area contributed by atoms with Gasteiger partial charge in [-0.2, -0.15) is 0 Å². The SMILES string of the molecule is COc1ncccc1CS(=O)(=O)c1ccccc1. The number of pyridine rings is 1. The molecule has 0 atom stereocenters. The Kier molecular flexibility index (Phi) is 3.62. The summed E-state index contributed by atoms with van der Waals surface area (Å²) in [6.07, 6.45) is 1.57. The first-order valence-corrected chi connectivity index (χ1v) is 7.04. The third kappa shape index (κ3) is 2.68. The van der Waals surface area contributed by atoms with Crippen LogP contribution in [0.2, 0.25) is 0 Å². The molecule has 18 heavy (non-hydrogen) atoms. The number of rotatable bonds is 4. The van der Waals surface area contributed by atoms with Gasteiger partial charge in [-0.25, -0.2) is 13.4 Å². The summed E-state index contributed by atoms with van der Waals surface area (Å²) >= 11 is 0. The molecule has 4 nitrogen and oxygen atoms in total. The highest BCUT2D eigenvalue weighted by Gasteiger charge is 2.17. The van der Waals surface area contributed by atoms with Crippen LogP contribution in [0.25, 0.3) is 0 Å². The van der Waals surface area contributed by atoms with E-state index in [4.69, 9.17) is 4.74 Å². The van der Waals surface area contributed by atoms with E-state index >= 15 is 0 Å². The lowest BCUT2D eigenvalue weighted by Crippen LogP contribution is -2.06. The van der Waals surface area contributed by atoms with E-state index in [0.717, 1.165) is 0 Å². The van der Waals surface area contributed by atoms with Gasteiger partial charge in [-0.3, -0.25) is 0 Å². The maximum absolute atomic E-state index is 12.2. The standard InChI is InChI=1S/C13H13NO3S/c1-17-13-11(6-5-9-14-13)10-18(15,16)12-7-3-2-4-8-12/h2-9H,10H2,1H3. The van der Waals surface area contributed by atoms with Crippen molar-refractivity contribution in [3.8, 4) is 5.88 Å². The van der Waals surface area contributed by atoms with Gasteiger partial charge in [0.05, 0.1) is 17.8 Å². The van der Waals surface area contributed by atoms with Crippen LogP contribution in [-0.4, -0.2) is 20.5 Å². The fraction of sp³-hybridized carbons (Fsp3) is 0.154. The quantitative estimate of drug-likeness (QED) is 0.847. The van der Waals surface area contributed by atoms with Gasteiger partial charge in [0, 0.05) is 11.8 Å². The topological polar surface area (TPSA) is 56.3 Å². The van der Waals surface area contributed by atoms with Crippen LogP contribution in [0.5, 0.6) is 5.88 Å². The molecule has 1 aromatic heterocycles. The van der Waals surface area contributed by atoms with E-state index in [-0.39, 0.29) is 5.75 Å². The van der Waals surface area contributed by atoms with Crippen molar-refractivity contribution in [3.63, 3.8) is 0 Å². The van der Waals surface area contributed by atoms with Gasteiger partial charge >= 0.3 is 0 Å². The Morgan fingerprint density at radius 1 is 1.11 bits per heavy atom. The molecule has 94 valence electrons. The second-order valence-electron chi connectivity index (χ2n) is 3.74. The minimum absolute atomic E-state index is 0.117. The zero-order valence-electron chi connectivity index (χ0n) is 9.91. The van der Waals surface area contributed by atoms with E-state index in [1.165, 1.54) is 7.11 Å². The summed E-state index contributed by atoms with van der Waals surface area (Å²) in [7, 11) is -1.89. The van der Waals surface area contributed by atoms with Crippen LogP contribution in [0.15, 0.2) is 53.6 Å². The van der Waals surface area contributed by atoms with Crippen molar-refractivity contribution in [2.45, 2.75) is 10.6 Å². The van der Waals surface area contributed by atoms with Gasteiger partial charge in [-0.1, -0.05) is 24.3 Å². The second kappa shape index (κ2) is 5.18. The summed E-state index contributed by atoms with van der Waals surface area (Å²) in [4.78, 5) is 4.29. The molecular formula is C13H13NO3S. The van der Waals surface area contributed by atoms with E-state index < -0.39 is 9.84 Å². The molecule has 0 aliphatic rings. The Morgan fingerprint density at radius 3 is 2.50 bits per heavy atom. The Morgan fingerprint density at radius 2 is 1.83 bits per heavy atom. The molecule has 0 spiro atoms. The van der Waals surface area contributed by atoms with Gasteiger partial charge in [0.25, 0.3) is 0 Å². The molecule has 0 aliphatic carbocycles. The lowest BCUT2D eigenvalue weighted by atomic mass is 10.3. The van der Waals surface area contributed by atoms with Crippen LogP contribution in [0, 0.1) is 0 Å². The molecular weight excluding hydrogens is 250 g/mol. The lowest BCUT2D eigenvalue weighted by Gasteiger charge is -2.07. The van der Waals surface area contributed by atoms with Gasteiger partial charge < -0.3 is 4.74 Å². The smallest absolute Gasteiger partial charge is 0.217 e. The summed E-state index contributed by atoms with van der Waals surface area (Å²) in [5, 5.41) is 0. The average Bonchev–Trinajstić information content (AvgIpc) is 2.40. The number of ether oxygens (including phenoxy) is 1.